The van der Waals surface area contributed by atoms with Crippen molar-refractivity contribution in [2.24, 2.45) is 35.0 Å². The Hall–Kier alpha value is -3.25. The molecule has 0 spiro atoms. The predicted molar refractivity (Wildman–Crippen MR) is 174 cm³/mol. The highest BCUT2D eigenvalue weighted by Gasteiger charge is 2.52. The van der Waals surface area contributed by atoms with Crippen molar-refractivity contribution in [2.45, 2.75) is 72.0 Å². The molecule has 1 aromatic heterocycles. The average Bonchev–Trinajstić information content (AvgIpc) is 3.75. The molecule has 47 heavy (non-hydrogen) atoms. The molecule has 2 aromatic carbocycles. The lowest BCUT2D eigenvalue weighted by Gasteiger charge is -2.52. The molecule has 256 valence electrons. The van der Waals surface area contributed by atoms with E-state index in [2.05, 4.69) is 36.4 Å². The fourth-order valence-electron chi connectivity index (χ4n) is 7.92. The van der Waals surface area contributed by atoms with Gasteiger partial charge in [0.15, 0.2) is 0 Å². The Bertz CT molecular complexity index is 1630. The third-order valence-corrected chi connectivity index (χ3v) is 12.0. The molecule has 2 N–H and O–H groups in total. The quantitative estimate of drug-likeness (QED) is 0.235. The van der Waals surface area contributed by atoms with E-state index in [-0.39, 0.29) is 17.5 Å². The van der Waals surface area contributed by atoms with Gasteiger partial charge in [0.1, 0.15) is 17.1 Å². The molecule has 6 rings (SSSR count). The zero-order chi connectivity index (χ0) is 34.3. The van der Waals surface area contributed by atoms with E-state index in [0.29, 0.717) is 39.1 Å². The molecule has 7 nitrogen and oxygen atoms in total. The molecule has 12 heteroatoms. The van der Waals surface area contributed by atoms with E-state index in [9.17, 15) is 27.2 Å². The number of halogens is 4. The lowest BCUT2D eigenvalue weighted by molar-refractivity contribution is -0.140. The van der Waals surface area contributed by atoms with Crippen LogP contribution in [0.2, 0.25) is 0 Å². The van der Waals surface area contributed by atoms with Crippen LogP contribution in [-0.2, 0) is 15.7 Å². The number of nitrogens with zero attached hydrogens (tertiary/aromatic N) is 1. The third-order valence-electron chi connectivity index (χ3n) is 11.0. The number of thiazole rings is 1. The van der Waals surface area contributed by atoms with Crippen LogP contribution in [0.5, 0.6) is 5.75 Å². The normalized spacial score (nSPS) is 28.0. The number of hydrogen-bond acceptors (Lipinski definition) is 6. The van der Waals surface area contributed by atoms with Gasteiger partial charge in [0.2, 0.25) is 5.91 Å². The van der Waals surface area contributed by atoms with Gasteiger partial charge < -0.3 is 20.1 Å². The van der Waals surface area contributed by atoms with E-state index in [1.807, 2.05) is 6.92 Å². The largest absolute Gasteiger partial charge is 0.496 e. The van der Waals surface area contributed by atoms with Crippen LogP contribution in [0.4, 0.5) is 23.2 Å². The molecular formula is C35H43F4N3O4S. The van der Waals surface area contributed by atoms with Crippen molar-refractivity contribution in [1.82, 2.24) is 10.3 Å². The van der Waals surface area contributed by atoms with Crippen LogP contribution in [0.15, 0.2) is 30.3 Å². The zero-order valence-electron chi connectivity index (χ0n) is 27.6. The van der Waals surface area contributed by atoms with Gasteiger partial charge in [-0.15, -0.1) is 11.3 Å². The van der Waals surface area contributed by atoms with E-state index in [0.717, 1.165) is 48.8 Å². The average molecular weight is 678 g/mol. The maximum Gasteiger partial charge on any atom is 0.419 e. The predicted octanol–water partition coefficient (Wildman–Crippen LogP) is 8.26. The van der Waals surface area contributed by atoms with Gasteiger partial charge in [0.25, 0.3) is 5.91 Å². The summed E-state index contributed by atoms with van der Waals surface area (Å²) in [6, 6.07) is 5.33. The van der Waals surface area contributed by atoms with Gasteiger partial charge in [-0.1, -0.05) is 27.2 Å². The summed E-state index contributed by atoms with van der Waals surface area (Å²) in [5.74, 6) is -0.761. The van der Waals surface area contributed by atoms with Crippen LogP contribution in [0.1, 0.15) is 73.8 Å². The van der Waals surface area contributed by atoms with Gasteiger partial charge in [-0.25, -0.2) is 9.37 Å². The molecule has 3 fully saturated rings. The van der Waals surface area contributed by atoms with E-state index in [4.69, 9.17) is 9.47 Å². The second-order valence-electron chi connectivity index (χ2n) is 13.4. The van der Waals surface area contributed by atoms with Gasteiger partial charge in [-0.2, -0.15) is 13.2 Å². The monoisotopic (exact) mass is 677 g/mol. The summed E-state index contributed by atoms with van der Waals surface area (Å²) >= 11 is 1.37. The standard InChI is InChI=1S/C25H23F4N3O3S.C10H20O/c1-11-30-17-7-8-18(35-2)20(22(17)36-11)24(34)32-21-13-4-3-12(9-13)19(21)23(33)31-14-5-6-16(26)15(10-14)25(27,28)29;1-5-10(3)8(2)6-9(10)7-11-4/h5-8,10,12-13,19,21H,3-4,9H2,1-2H3,(H,31,33)(H,32,34);8-9H,5-7H2,1-4H3. The number of benzene rings is 2. The number of fused-ring (bicyclic) bond motifs is 3. The number of methoxy groups -OCH3 is 2. The summed E-state index contributed by atoms with van der Waals surface area (Å²) in [7, 11) is 3.27. The number of alkyl halides is 3. The summed E-state index contributed by atoms with van der Waals surface area (Å²) in [6.07, 6.45) is 0.138. The number of carbonyl (C=O) groups excluding carboxylic acids is 2. The van der Waals surface area contributed by atoms with E-state index in [1.165, 1.54) is 31.3 Å². The van der Waals surface area contributed by atoms with Crippen molar-refractivity contribution in [3.63, 3.8) is 0 Å². The molecule has 2 amide bonds. The summed E-state index contributed by atoms with van der Waals surface area (Å²) in [4.78, 5) is 31.2. The van der Waals surface area contributed by atoms with Gasteiger partial charge in [0.05, 0.1) is 33.8 Å². The van der Waals surface area contributed by atoms with Gasteiger partial charge in [-0.05, 0) is 92.0 Å². The molecule has 0 aliphatic heterocycles. The van der Waals surface area contributed by atoms with Crippen LogP contribution in [0.25, 0.3) is 10.2 Å². The molecule has 3 saturated carbocycles. The first-order valence-electron chi connectivity index (χ1n) is 16.1. The van der Waals surface area contributed by atoms with Gasteiger partial charge in [0, 0.05) is 25.4 Å². The molecule has 3 aliphatic rings. The molecule has 7 unspecified atom stereocenters. The van der Waals surface area contributed by atoms with Crippen molar-refractivity contribution in [1.29, 1.82) is 0 Å². The van der Waals surface area contributed by atoms with Crippen molar-refractivity contribution in [2.75, 3.05) is 26.1 Å². The highest BCUT2D eigenvalue weighted by Crippen LogP contribution is 2.53. The maximum atomic E-state index is 13.7. The Kier molecular flexibility index (Phi) is 10.2. The number of aryl methyl sites for hydroxylation is 1. The van der Waals surface area contributed by atoms with E-state index in [1.54, 1.807) is 19.2 Å². The van der Waals surface area contributed by atoms with Gasteiger partial charge in [-0.3, -0.25) is 9.59 Å². The number of amides is 2. The maximum absolute atomic E-state index is 13.7. The lowest BCUT2D eigenvalue weighted by Crippen LogP contribution is -2.48. The molecular weight excluding hydrogens is 634 g/mol. The second kappa shape index (κ2) is 13.7. The Morgan fingerprint density at radius 3 is 2.47 bits per heavy atom. The second-order valence-corrected chi connectivity index (χ2v) is 14.6. The molecule has 0 radical (unpaired) electrons. The number of anilines is 1. The van der Waals surface area contributed by atoms with Crippen molar-refractivity contribution < 1.29 is 36.6 Å². The van der Waals surface area contributed by atoms with Crippen LogP contribution in [0.3, 0.4) is 0 Å². The van der Waals surface area contributed by atoms with E-state index >= 15 is 0 Å². The molecule has 3 aromatic rings. The minimum atomic E-state index is -4.89. The fourth-order valence-corrected chi connectivity index (χ4v) is 8.87. The number of hydrogen-bond donors (Lipinski definition) is 2. The Labute approximate surface area is 276 Å². The highest BCUT2D eigenvalue weighted by atomic mass is 32.1. The summed E-state index contributed by atoms with van der Waals surface area (Å²) < 4.78 is 64.3. The molecule has 3 aliphatic carbocycles. The van der Waals surface area contributed by atoms with E-state index < -0.39 is 41.3 Å². The number of ether oxygens (including phenoxy) is 2. The SMILES string of the molecule is CCC1(C)C(C)CC1COC.COc1ccc2nc(C)sc2c1C(=O)NC1C2CCC(C2)C1C(=O)Nc1ccc(F)c(C(F)(F)F)c1. The number of rotatable bonds is 8. The van der Waals surface area contributed by atoms with Crippen LogP contribution < -0.4 is 15.4 Å². The fraction of sp³-hybridized carbons (Fsp3) is 0.571. The summed E-state index contributed by atoms with van der Waals surface area (Å²) in [5, 5.41) is 6.33. The first-order chi connectivity index (χ1) is 22.2. The van der Waals surface area contributed by atoms with Crippen molar-refractivity contribution >= 4 is 39.1 Å². The number of nitrogens with one attached hydrogen (secondary N) is 2. The topological polar surface area (TPSA) is 89.6 Å². The number of carbonyl (C=O) groups is 2. The number of aromatic nitrogens is 1. The smallest absolute Gasteiger partial charge is 0.419 e. The Balaban J connectivity index is 0.000000335. The molecule has 1 heterocycles. The molecule has 0 saturated heterocycles. The van der Waals surface area contributed by atoms with Gasteiger partial charge >= 0.3 is 6.18 Å². The minimum absolute atomic E-state index is 0.00817. The van der Waals surface area contributed by atoms with Crippen LogP contribution >= 0.6 is 11.3 Å². The first kappa shape index (κ1) is 35.1. The van der Waals surface area contributed by atoms with Crippen molar-refractivity contribution in [3.8, 4) is 5.75 Å². The highest BCUT2D eigenvalue weighted by molar-refractivity contribution is 7.19. The first-order valence-corrected chi connectivity index (χ1v) is 16.9. The zero-order valence-corrected chi connectivity index (χ0v) is 28.4. The molecule has 2 bridgehead atoms. The lowest BCUT2D eigenvalue weighted by atomic mass is 9.53. The molecule has 7 atom stereocenters. The van der Waals surface area contributed by atoms with Crippen LogP contribution in [-0.4, -0.2) is 43.7 Å². The van der Waals surface area contributed by atoms with Crippen molar-refractivity contribution in [3.05, 3.63) is 52.3 Å². The summed E-state index contributed by atoms with van der Waals surface area (Å²) in [6.45, 7) is 9.84. The van der Waals surface area contributed by atoms with Crippen LogP contribution in [0, 0.1) is 47.7 Å². The summed E-state index contributed by atoms with van der Waals surface area (Å²) in [5.41, 5.74) is -0.0136. The third kappa shape index (κ3) is 6.86. The Morgan fingerprint density at radius 1 is 1.11 bits per heavy atom. The minimum Gasteiger partial charge on any atom is -0.496 e. The Morgan fingerprint density at radius 2 is 1.83 bits per heavy atom.